The average Bonchev–Trinajstić information content (AvgIpc) is 2.39. The number of nitrogens with two attached hydrogens (primary N) is 1. The first-order valence-corrected chi connectivity index (χ1v) is 6.48. The molecule has 1 heterocycles. The van der Waals surface area contributed by atoms with Gasteiger partial charge in [-0.15, -0.1) is 12.4 Å². The molecular formula is C13H19ClFN3O2. The Morgan fingerprint density at radius 2 is 2.20 bits per heavy atom. The van der Waals surface area contributed by atoms with Crippen molar-refractivity contribution in [3.63, 3.8) is 0 Å². The van der Waals surface area contributed by atoms with Crippen molar-refractivity contribution < 1.29 is 9.31 Å². The number of nitro groups is 1. The van der Waals surface area contributed by atoms with Crippen LogP contribution < -0.4 is 5.73 Å². The van der Waals surface area contributed by atoms with Crippen molar-refractivity contribution in [2.24, 2.45) is 5.73 Å². The van der Waals surface area contributed by atoms with Crippen LogP contribution in [0.1, 0.15) is 24.8 Å². The van der Waals surface area contributed by atoms with Gasteiger partial charge in [0.2, 0.25) is 0 Å². The van der Waals surface area contributed by atoms with E-state index in [1.54, 1.807) is 0 Å². The van der Waals surface area contributed by atoms with Gasteiger partial charge in [-0.2, -0.15) is 0 Å². The van der Waals surface area contributed by atoms with Gasteiger partial charge in [0.05, 0.1) is 4.92 Å². The molecule has 1 aliphatic rings. The molecule has 1 aliphatic heterocycles. The summed E-state index contributed by atoms with van der Waals surface area (Å²) in [5.74, 6) is -0.443. The first kappa shape index (κ1) is 16.8. The third-order valence-corrected chi connectivity index (χ3v) is 3.63. The highest BCUT2D eigenvalue weighted by Crippen LogP contribution is 2.25. The summed E-state index contributed by atoms with van der Waals surface area (Å²) in [6, 6.07) is 3.83. The molecule has 1 unspecified atom stereocenters. The molecule has 1 atom stereocenters. The number of hydrogen-bond acceptors (Lipinski definition) is 4. The molecule has 0 saturated carbocycles. The highest BCUT2D eigenvalue weighted by atomic mass is 35.5. The van der Waals surface area contributed by atoms with Gasteiger partial charge in [-0.05, 0) is 31.5 Å². The van der Waals surface area contributed by atoms with Crippen LogP contribution in [-0.4, -0.2) is 29.0 Å². The lowest BCUT2D eigenvalue weighted by Gasteiger charge is -2.34. The SMILES string of the molecule is Cl.NCC1CCCCN1Cc1cc(F)ccc1[N+](=O)[O-]. The van der Waals surface area contributed by atoms with E-state index in [1.165, 1.54) is 12.1 Å². The van der Waals surface area contributed by atoms with Gasteiger partial charge in [-0.1, -0.05) is 6.42 Å². The fourth-order valence-corrected chi connectivity index (χ4v) is 2.61. The Kier molecular flexibility index (Phi) is 6.32. The van der Waals surface area contributed by atoms with Crippen LogP contribution in [0.4, 0.5) is 10.1 Å². The second-order valence-electron chi connectivity index (χ2n) is 4.89. The lowest BCUT2D eigenvalue weighted by molar-refractivity contribution is -0.385. The topological polar surface area (TPSA) is 72.4 Å². The average molecular weight is 304 g/mol. The molecule has 5 nitrogen and oxygen atoms in total. The van der Waals surface area contributed by atoms with E-state index in [0.717, 1.165) is 31.9 Å². The molecule has 2 N–H and O–H groups in total. The van der Waals surface area contributed by atoms with Gasteiger partial charge in [-0.3, -0.25) is 15.0 Å². The molecule has 7 heteroatoms. The van der Waals surface area contributed by atoms with Gasteiger partial charge in [-0.25, -0.2) is 4.39 Å². The van der Waals surface area contributed by atoms with Gasteiger partial charge in [0.25, 0.3) is 5.69 Å². The highest BCUT2D eigenvalue weighted by molar-refractivity contribution is 5.85. The summed E-state index contributed by atoms with van der Waals surface area (Å²) < 4.78 is 13.3. The summed E-state index contributed by atoms with van der Waals surface area (Å²) in [6.07, 6.45) is 3.18. The van der Waals surface area contributed by atoms with E-state index in [0.29, 0.717) is 18.7 Å². The van der Waals surface area contributed by atoms with Gasteiger partial charge in [0.1, 0.15) is 5.82 Å². The zero-order valence-corrected chi connectivity index (χ0v) is 11.9. The first-order chi connectivity index (χ1) is 9.11. The monoisotopic (exact) mass is 303 g/mol. The van der Waals surface area contributed by atoms with Crippen LogP contribution in [0.2, 0.25) is 0 Å². The molecule has 1 aromatic rings. The molecule has 0 aromatic heterocycles. The quantitative estimate of drug-likeness (QED) is 0.685. The van der Waals surface area contributed by atoms with E-state index >= 15 is 0 Å². The van der Waals surface area contributed by atoms with Crippen molar-refractivity contribution in [1.82, 2.24) is 4.90 Å². The summed E-state index contributed by atoms with van der Waals surface area (Å²) in [4.78, 5) is 12.6. The Hall–Kier alpha value is -1.24. The summed E-state index contributed by atoms with van der Waals surface area (Å²) in [5.41, 5.74) is 6.12. The van der Waals surface area contributed by atoms with Crippen LogP contribution in [0, 0.1) is 15.9 Å². The second kappa shape index (κ2) is 7.52. The van der Waals surface area contributed by atoms with E-state index in [1.807, 2.05) is 0 Å². The van der Waals surface area contributed by atoms with Crippen molar-refractivity contribution in [3.8, 4) is 0 Å². The highest BCUT2D eigenvalue weighted by Gasteiger charge is 2.24. The van der Waals surface area contributed by atoms with Crippen molar-refractivity contribution in [1.29, 1.82) is 0 Å². The smallest absolute Gasteiger partial charge is 0.274 e. The van der Waals surface area contributed by atoms with Crippen LogP contribution in [0.5, 0.6) is 0 Å². The Morgan fingerprint density at radius 3 is 2.85 bits per heavy atom. The van der Waals surface area contributed by atoms with E-state index < -0.39 is 10.7 Å². The zero-order chi connectivity index (χ0) is 13.8. The molecular weight excluding hydrogens is 285 g/mol. The number of halogens is 2. The Balaban J connectivity index is 0.00000200. The van der Waals surface area contributed by atoms with Crippen molar-refractivity contribution >= 4 is 18.1 Å². The minimum absolute atomic E-state index is 0. The Labute approximate surface area is 123 Å². The third-order valence-electron chi connectivity index (χ3n) is 3.63. The van der Waals surface area contributed by atoms with Crippen molar-refractivity contribution in [3.05, 3.63) is 39.7 Å². The minimum atomic E-state index is -0.462. The van der Waals surface area contributed by atoms with Gasteiger partial charge >= 0.3 is 0 Å². The van der Waals surface area contributed by atoms with Crippen LogP contribution in [0.25, 0.3) is 0 Å². The molecule has 0 bridgehead atoms. The maximum atomic E-state index is 13.3. The molecule has 1 fully saturated rings. The van der Waals surface area contributed by atoms with Gasteiger partial charge in [0.15, 0.2) is 0 Å². The van der Waals surface area contributed by atoms with Crippen LogP contribution in [0.15, 0.2) is 18.2 Å². The number of piperidine rings is 1. The van der Waals surface area contributed by atoms with E-state index in [9.17, 15) is 14.5 Å². The summed E-state index contributed by atoms with van der Waals surface area (Å²) in [6.45, 7) is 1.77. The largest absolute Gasteiger partial charge is 0.329 e. The van der Waals surface area contributed by atoms with Crippen LogP contribution in [0.3, 0.4) is 0 Å². The number of rotatable bonds is 4. The maximum Gasteiger partial charge on any atom is 0.274 e. The summed E-state index contributed by atoms with van der Waals surface area (Å²) >= 11 is 0. The first-order valence-electron chi connectivity index (χ1n) is 6.48. The third kappa shape index (κ3) is 3.88. The summed E-state index contributed by atoms with van der Waals surface area (Å²) in [5, 5.41) is 11.0. The molecule has 112 valence electrons. The lowest BCUT2D eigenvalue weighted by Crippen LogP contribution is -2.43. The Morgan fingerprint density at radius 1 is 1.45 bits per heavy atom. The van der Waals surface area contributed by atoms with Crippen molar-refractivity contribution in [2.75, 3.05) is 13.1 Å². The summed E-state index contributed by atoms with van der Waals surface area (Å²) in [7, 11) is 0. The molecule has 0 radical (unpaired) electrons. The number of benzene rings is 1. The molecule has 0 spiro atoms. The number of nitrogens with zero attached hydrogens (tertiary/aromatic N) is 2. The van der Waals surface area contributed by atoms with E-state index in [4.69, 9.17) is 5.73 Å². The molecule has 0 amide bonds. The van der Waals surface area contributed by atoms with Crippen molar-refractivity contribution in [2.45, 2.75) is 31.8 Å². The minimum Gasteiger partial charge on any atom is -0.329 e. The standard InChI is InChI=1S/C13H18FN3O2.ClH/c14-11-4-5-13(17(18)19)10(7-11)9-16-6-2-1-3-12(16)8-15;/h4-5,7,12H,1-3,6,8-9,15H2;1H. The second-order valence-corrected chi connectivity index (χ2v) is 4.89. The molecule has 0 aliphatic carbocycles. The van der Waals surface area contributed by atoms with Gasteiger partial charge in [0, 0.05) is 30.8 Å². The predicted octanol–water partition coefficient (Wildman–Crippen LogP) is 2.47. The van der Waals surface area contributed by atoms with E-state index in [2.05, 4.69) is 4.90 Å². The molecule has 1 aromatic carbocycles. The molecule has 1 saturated heterocycles. The number of hydrogen-bond donors (Lipinski definition) is 1. The molecule has 2 rings (SSSR count). The van der Waals surface area contributed by atoms with Gasteiger partial charge < -0.3 is 5.73 Å². The maximum absolute atomic E-state index is 13.3. The zero-order valence-electron chi connectivity index (χ0n) is 11.1. The normalized spacial score (nSPS) is 19.4. The fraction of sp³-hybridized carbons (Fsp3) is 0.538. The van der Waals surface area contributed by atoms with E-state index in [-0.39, 0.29) is 24.1 Å². The number of likely N-dealkylation sites (tertiary alicyclic amines) is 1. The fourth-order valence-electron chi connectivity index (χ4n) is 2.61. The lowest BCUT2D eigenvalue weighted by atomic mass is 10.0. The van der Waals surface area contributed by atoms with Crippen LogP contribution >= 0.6 is 12.4 Å². The number of nitro benzene ring substituents is 1. The molecule has 20 heavy (non-hydrogen) atoms. The Bertz CT molecular complexity index is 473. The predicted molar refractivity (Wildman–Crippen MR) is 77.4 cm³/mol. The van der Waals surface area contributed by atoms with Crippen LogP contribution in [-0.2, 0) is 6.54 Å².